The fourth-order valence-corrected chi connectivity index (χ4v) is 4.51. The lowest BCUT2D eigenvalue weighted by molar-refractivity contribution is 0.0596. The van der Waals surface area contributed by atoms with Crippen molar-refractivity contribution in [3.8, 4) is 17.2 Å². The molecule has 0 radical (unpaired) electrons. The van der Waals surface area contributed by atoms with Crippen LogP contribution in [0.5, 0.6) is 17.2 Å². The SMILES string of the molecule is COC(=O)c1c(CS(=O)c2ccccc2)c(OC)c2cccc(OC)c2c1OC. The van der Waals surface area contributed by atoms with Crippen molar-refractivity contribution in [2.24, 2.45) is 0 Å². The zero-order valence-electron chi connectivity index (χ0n) is 16.7. The van der Waals surface area contributed by atoms with Gasteiger partial charge in [0.1, 0.15) is 22.8 Å². The molecule has 0 heterocycles. The van der Waals surface area contributed by atoms with E-state index in [1.165, 1.54) is 28.4 Å². The Balaban J connectivity index is 2.35. The number of carbonyl (C=O) groups is 1. The first-order chi connectivity index (χ1) is 14.1. The van der Waals surface area contributed by atoms with Gasteiger partial charge in [-0.1, -0.05) is 30.3 Å². The molecular formula is C22H22O6S. The molecule has 0 aliphatic heterocycles. The van der Waals surface area contributed by atoms with E-state index in [9.17, 15) is 9.00 Å². The van der Waals surface area contributed by atoms with Gasteiger partial charge in [0.15, 0.2) is 0 Å². The summed E-state index contributed by atoms with van der Waals surface area (Å²) in [6.45, 7) is 0. The molecule has 0 aliphatic rings. The molecule has 3 aromatic carbocycles. The van der Waals surface area contributed by atoms with Crippen LogP contribution in [0.1, 0.15) is 15.9 Å². The molecule has 6 nitrogen and oxygen atoms in total. The lowest BCUT2D eigenvalue weighted by Gasteiger charge is -2.20. The summed E-state index contributed by atoms with van der Waals surface area (Å²) in [5.74, 6) is 0.710. The van der Waals surface area contributed by atoms with Crippen molar-refractivity contribution in [2.45, 2.75) is 10.6 Å². The van der Waals surface area contributed by atoms with Crippen LogP contribution in [0.2, 0.25) is 0 Å². The van der Waals surface area contributed by atoms with Gasteiger partial charge in [0.2, 0.25) is 0 Å². The van der Waals surface area contributed by atoms with Crippen LogP contribution < -0.4 is 14.2 Å². The third kappa shape index (κ3) is 3.78. The van der Waals surface area contributed by atoms with E-state index < -0.39 is 16.8 Å². The normalized spacial score (nSPS) is 11.7. The molecule has 0 aromatic heterocycles. The van der Waals surface area contributed by atoms with E-state index in [0.29, 0.717) is 38.5 Å². The molecule has 0 aliphatic carbocycles. The zero-order chi connectivity index (χ0) is 21.0. The minimum Gasteiger partial charge on any atom is -0.496 e. The molecule has 29 heavy (non-hydrogen) atoms. The molecule has 0 spiro atoms. The van der Waals surface area contributed by atoms with Gasteiger partial charge < -0.3 is 18.9 Å². The van der Waals surface area contributed by atoms with Gasteiger partial charge >= 0.3 is 5.97 Å². The molecule has 1 atom stereocenters. The molecule has 0 saturated carbocycles. The third-order valence-corrected chi connectivity index (χ3v) is 5.95. The van der Waals surface area contributed by atoms with E-state index in [-0.39, 0.29) is 11.3 Å². The van der Waals surface area contributed by atoms with Gasteiger partial charge in [0, 0.05) is 15.8 Å². The number of rotatable bonds is 7. The second kappa shape index (κ2) is 8.96. The molecule has 0 bridgehead atoms. The van der Waals surface area contributed by atoms with Crippen LogP contribution in [-0.4, -0.2) is 38.6 Å². The summed E-state index contributed by atoms with van der Waals surface area (Å²) in [4.78, 5) is 13.4. The lowest BCUT2D eigenvalue weighted by atomic mass is 9.97. The highest BCUT2D eigenvalue weighted by Gasteiger charge is 2.29. The third-order valence-electron chi connectivity index (χ3n) is 4.60. The topological polar surface area (TPSA) is 71.1 Å². The van der Waals surface area contributed by atoms with Crippen LogP contribution in [0.4, 0.5) is 0 Å². The van der Waals surface area contributed by atoms with Crippen molar-refractivity contribution in [3.05, 3.63) is 59.7 Å². The summed E-state index contributed by atoms with van der Waals surface area (Å²) >= 11 is 0. The fourth-order valence-electron chi connectivity index (χ4n) is 3.34. The minimum absolute atomic E-state index is 0.0567. The number of hydrogen-bond acceptors (Lipinski definition) is 6. The Kier molecular flexibility index (Phi) is 6.39. The maximum Gasteiger partial charge on any atom is 0.342 e. The Morgan fingerprint density at radius 1 is 0.862 bits per heavy atom. The van der Waals surface area contributed by atoms with Crippen molar-refractivity contribution in [1.82, 2.24) is 0 Å². The second-order valence-electron chi connectivity index (χ2n) is 6.10. The van der Waals surface area contributed by atoms with Crippen molar-refractivity contribution < 1.29 is 28.0 Å². The fraction of sp³-hybridized carbons (Fsp3) is 0.227. The molecule has 1 unspecified atom stereocenters. The highest BCUT2D eigenvalue weighted by atomic mass is 32.2. The zero-order valence-corrected chi connectivity index (χ0v) is 17.5. The number of fused-ring (bicyclic) bond motifs is 1. The predicted octanol–water partition coefficient (Wildman–Crippen LogP) is 3.96. The predicted molar refractivity (Wildman–Crippen MR) is 111 cm³/mol. The molecule has 0 amide bonds. The number of benzene rings is 3. The highest BCUT2D eigenvalue weighted by molar-refractivity contribution is 7.84. The van der Waals surface area contributed by atoms with E-state index in [1.54, 1.807) is 18.2 Å². The summed E-state index contributed by atoms with van der Waals surface area (Å²) in [5.41, 5.74) is 0.632. The maximum absolute atomic E-state index is 13.0. The highest BCUT2D eigenvalue weighted by Crippen LogP contribution is 2.45. The van der Waals surface area contributed by atoms with Crippen LogP contribution in [-0.2, 0) is 21.3 Å². The molecule has 0 N–H and O–H groups in total. The van der Waals surface area contributed by atoms with Gasteiger partial charge in [0.05, 0.1) is 50.4 Å². The molecule has 7 heteroatoms. The first-order valence-corrected chi connectivity index (χ1v) is 10.1. The smallest absolute Gasteiger partial charge is 0.342 e. The largest absolute Gasteiger partial charge is 0.496 e. The molecular weight excluding hydrogens is 392 g/mol. The van der Waals surface area contributed by atoms with Crippen LogP contribution in [0.15, 0.2) is 53.4 Å². The number of hydrogen-bond donors (Lipinski definition) is 0. The monoisotopic (exact) mass is 414 g/mol. The molecule has 0 fully saturated rings. The van der Waals surface area contributed by atoms with E-state index >= 15 is 0 Å². The van der Waals surface area contributed by atoms with E-state index in [4.69, 9.17) is 18.9 Å². The summed E-state index contributed by atoms with van der Waals surface area (Å²) < 4.78 is 34.8. The van der Waals surface area contributed by atoms with Crippen LogP contribution in [0.25, 0.3) is 10.8 Å². The average Bonchev–Trinajstić information content (AvgIpc) is 2.77. The van der Waals surface area contributed by atoms with Crippen molar-refractivity contribution >= 4 is 27.5 Å². The molecule has 0 saturated heterocycles. The van der Waals surface area contributed by atoms with Gasteiger partial charge in [0.25, 0.3) is 0 Å². The Bertz CT molecular complexity index is 1060. The standard InChI is InChI=1S/C22H22O6S/c1-25-17-12-8-11-15-18(17)21(27-3)19(22(23)28-4)16(20(15)26-2)13-29(24)14-9-6-5-7-10-14/h5-12H,13H2,1-4H3. The minimum atomic E-state index is -1.41. The molecule has 152 valence electrons. The van der Waals surface area contributed by atoms with Crippen LogP contribution >= 0.6 is 0 Å². The van der Waals surface area contributed by atoms with Gasteiger partial charge in [-0.25, -0.2) is 4.79 Å². The maximum atomic E-state index is 13.0. The van der Waals surface area contributed by atoms with Crippen molar-refractivity contribution in [2.75, 3.05) is 28.4 Å². The van der Waals surface area contributed by atoms with Crippen LogP contribution in [0, 0.1) is 0 Å². The summed E-state index contributed by atoms with van der Waals surface area (Å²) in [6.07, 6.45) is 0. The van der Waals surface area contributed by atoms with Crippen LogP contribution in [0.3, 0.4) is 0 Å². The Hall–Kier alpha value is -3.06. The number of ether oxygens (including phenoxy) is 4. The van der Waals surface area contributed by atoms with E-state index in [0.717, 1.165) is 0 Å². The van der Waals surface area contributed by atoms with Gasteiger partial charge in [-0.15, -0.1) is 0 Å². The van der Waals surface area contributed by atoms with Crippen molar-refractivity contribution in [3.63, 3.8) is 0 Å². The second-order valence-corrected chi connectivity index (χ2v) is 7.55. The molecule has 3 rings (SSSR count). The summed E-state index contributed by atoms with van der Waals surface area (Å²) in [7, 11) is 4.40. The van der Waals surface area contributed by atoms with Gasteiger partial charge in [-0.3, -0.25) is 4.21 Å². The first kappa shape index (κ1) is 20.7. The number of methoxy groups -OCH3 is 4. The summed E-state index contributed by atoms with van der Waals surface area (Å²) in [5, 5.41) is 1.28. The van der Waals surface area contributed by atoms with E-state index in [2.05, 4.69) is 0 Å². The van der Waals surface area contributed by atoms with E-state index in [1.807, 2.05) is 30.3 Å². The van der Waals surface area contributed by atoms with Gasteiger partial charge in [-0.05, 0) is 18.2 Å². The Morgan fingerprint density at radius 2 is 1.55 bits per heavy atom. The van der Waals surface area contributed by atoms with Crippen molar-refractivity contribution in [1.29, 1.82) is 0 Å². The summed E-state index contributed by atoms with van der Waals surface area (Å²) in [6, 6.07) is 14.5. The average molecular weight is 414 g/mol. The Morgan fingerprint density at radius 3 is 2.14 bits per heavy atom. The number of carbonyl (C=O) groups excluding carboxylic acids is 1. The lowest BCUT2D eigenvalue weighted by Crippen LogP contribution is -2.13. The first-order valence-electron chi connectivity index (χ1n) is 8.82. The number of esters is 1. The molecule has 3 aromatic rings. The Labute approximate surface area is 171 Å². The quantitative estimate of drug-likeness (QED) is 0.545. The van der Waals surface area contributed by atoms with Gasteiger partial charge in [-0.2, -0.15) is 0 Å².